The van der Waals surface area contributed by atoms with Crippen molar-refractivity contribution in [1.29, 1.82) is 5.26 Å². The zero-order valence-corrected chi connectivity index (χ0v) is 12.3. The van der Waals surface area contributed by atoms with Crippen molar-refractivity contribution < 1.29 is 13.3 Å². The number of rotatable bonds is 3. The SMILES string of the molecule is Cc1cccc([N+](=O)[O-])c1S(=O)(=O)N1CCCC(C#N)C1. The lowest BCUT2D eigenvalue weighted by Crippen LogP contribution is -2.39. The third-order valence-corrected chi connectivity index (χ3v) is 5.61. The van der Waals surface area contributed by atoms with Crippen LogP contribution in [0.4, 0.5) is 5.69 Å². The molecule has 1 aliphatic heterocycles. The molecule has 0 saturated carbocycles. The highest BCUT2D eigenvalue weighted by molar-refractivity contribution is 7.89. The van der Waals surface area contributed by atoms with Gasteiger partial charge in [-0.25, -0.2) is 8.42 Å². The fourth-order valence-corrected chi connectivity index (χ4v) is 4.40. The van der Waals surface area contributed by atoms with Crippen LogP contribution in [0.1, 0.15) is 18.4 Å². The molecule has 21 heavy (non-hydrogen) atoms. The molecule has 1 fully saturated rings. The zero-order chi connectivity index (χ0) is 15.6. The zero-order valence-electron chi connectivity index (χ0n) is 11.5. The van der Waals surface area contributed by atoms with Crippen LogP contribution >= 0.6 is 0 Å². The third-order valence-electron chi connectivity index (χ3n) is 3.55. The monoisotopic (exact) mass is 309 g/mol. The first-order valence-corrected chi connectivity index (χ1v) is 7.95. The van der Waals surface area contributed by atoms with Crippen molar-refractivity contribution >= 4 is 15.7 Å². The Bertz CT molecular complexity index is 709. The van der Waals surface area contributed by atoms with Gasteiger partial charge in [0, 0.05) is 19.2 Å². The molecule has 8 heteroatoms. The highest BCUT2D eigenvalue weighted by atomic mass is 32.2. The average molecular weight is 309 g/mol. The van der Waals surface area contributed by atoms with Gasteiger partial charge in [-0.15, -0.1) is 0 Å². The normalized spacial score (nSPS) is 19.9. The van der Waals surface area contributed by atoms with Gasteiger partial charge in [-0.1, -0.05) is 12.1 Å². The maximum atomic E-state index is 12.7. The van der Waals surface area contributed by atoms with Gasteiger partial charge < -0.3 is 0 Å². The predicted octanol–water partition coefficient (Wildman–Crippen LogP) is 1.83. The quantitative estimate of drug-likeness (QED) is 0.625. The van der Waals surface area contributed by atoms with Crippen LogP contribution in [-0.4, -0.2) is 30.7 Å². The van der Waals surface area contributed by atoms with Crippen molar-refractivity contribution in [3.8, 4) is 6.07 Å². The predicted molar refractivity (Wildman–Crippen MR) is 74.9 cm³/mol. The molecule has 0 amide bonds. The number of piperidine rings is 1. The molecule has 0 radical (unpaired) electrons. The van der Waals surface area contributed by atoms with Gasteiger partial charge in [-0.05, 0) is 25.3 Å². The van der Waals surface area contributed by atoms with Crippen LogP contribution in [0.25, 0.3) is 0 Å². The molecule has 0 N–H and O–H groups in total. The van der Waals surface area contributed by atoms with Crippen LogP contribution in [0, 0.1) is 34.3 Å². The maximum absolute atomic E-state index is 12.7. The lowest BCUT2D eigenvalue weighted by Gasteiger charge is -2.29. The Morgan fingerprint density at radius 2 is 2.19 bits per heavy atom. The number of hydrogen-bond acceptors (Lipinski definition) is 5. The Hall–Kier alpha value is -1.98. The van der Waals surface area contributed by atoms with Gasteiger partial charge >= 0.3 is 0 Å². The molecule has 0 aromatic heterocycles. The Morgan fingerprint density at radius 1 is 1.48 bits per heavy atom. The van der Waals surface area contributed by atoms with E-state index in [-0.39, 0.29) is 23.9 Å². The summed E-state index contributed by atoms with van der Waals surface area (Å²) in [5, 5.41) is 20.1. The van der Waals surface area contributed by atoms with Crippen LogP contribution in [-0.2, 0) is 10.0 Å². The van der Waals surface area contributed by atoms with Gasteiger partial charge in [0.1, 0.15) is 0 Å². The molecule has 1 atom stereocenters. The second kappa shape index (κ2) is 5.79. The van der Waals surface area contributed by atoms with Crippen LogP contribution in [0.3, 0.4) is 0 Å². The molecule has 112 valence electrons. The van der Waals surface area contributed by atoms with E-state index in [2.05, 4.69) is 6.07 Å². The lowest BCUT2D eigenvalue weighted by atomic mass is 10.0. The van der Waals surface area contributed by atoms with Gasteiger partial charge in [-0.2, -0.15) is 9.57 Å². The van der Waals surface area contributed by atoms with E-state index in [1.807, 2.05) is 0 Å². The van der Waals surface area contributed by atoms with Gasteiger partial charge in [0.25, 0.3) is 5.69 Å². The molecule has 1 aromatic rings. The van der Waals surface area contributed by atoms with E-state index < -0.39 is 20.6 Å². The molecule has 0 bridgehead atoms. The van der Waals surface area contributed by atoms with Crippen molar-refractivity contribution in [2.45, 2.75) is 24.7 Å². The highest BCUT2D eigenvalue weighted by Gasteiger charge is 2.35. The summed E-state index contributed by atoms with van der Waals surface area (Å²) in [7, 11) is -3.97. The van der Waals surface area contributed by atoms with Crippen molar-refractivity contribution in [3.05, 3.63) is 33.9 Å². The van der Waals surface area contributed by atoms with Gasteiger partial charge in [0.05, 0.1) is 16.9 Å². The summed E-state index contributed by atoms with van der Waals surface area (Å²) in [5.41, 5.74) is -0.0858. The molecule has 1 aromatic carbocycles. The smallest absolute Gasteiger partial charge is 0.258 e. The van der Waals surface area contributed by atoms with Crippen molar-refractivity contribution in [2.24, 2.45) is 5.92 Å². The number of aryl methyl sites for hydroxylation is 1. The maximum Gasteiger partial charge on any atom is 0.289 e. The number of sulfonamides is 1. The van der Waals surface area contributed by atoms with Gasteiger partial charge in [-0.3, -0.25) is 10.1 Å². The number of nitrogens with zero attached hydrogens (tertiary/aromatic N) is 3. The first-order chi connectivity index (χ1) is 9.87. The van der Waals surface area contributed by atoms with E-state index in [9.17, 15) is 18.5 Å². The summed E-state index contributed by atoms with van der Waals surface area (Å²) < 4.78 is 26.6. The minimum atomic E-state index is -3.97. The second-order valence-electron chi connectivity index (χ2n) is 5.01. The Kier molecular flexibility index (Phi) is 4.25. The molecule has 1 saturated heterocycles. The first-order valence-electron chi connectivity index (χ1n) is 6.51. The molecule has 0 spiro atoms. The minimum Gasteiger partial charge on any atom is -0.258 e. The van der Waals surface area contributed by atoms with Crippen LogP contribution in [0.15, 0.2) is 23.1 Å². The summed E-state index contributed by atoms with van der Waals surface area (Å²) in [6, 6.07) is 6.25. The summed E-state index contributed by atoms with van der Waals surface area (Å²) in [5.74, 6) is -0.364. The molecular weight excluding hydrogens is 294 g/mol. The number of benzene rings is 1. The van der Waals surface area contributed by atoms with E-state index in [4.69, 9.17) is 5.26 Å². The topological polar surface area (TPSA) is 104 Å². The summed E-state index contributed by atoms with van der Waals surface area (Å²) >= 11 is 0. The van der Waals surface area contributed by atoms with E-state index in [1.165, 1.54) is 29.4 Å². The molecule has 0 aliphatic carbocycles. The average Bonchev–Trinajstić information content (AvgIpc) is 2.46. The van der Waals surface area contributed by atoms with Gasteiger partial charge in [0.2, 0.25) is 10.0 Å². The van der Waals surface area contributed by atoms with E-state index >= 15 is 0 Å². The fraction of sp³-hybridized carbons (Fsp3) is 0.462. The lowest BCUT2D eigenvalue weighted by molar-refractivity contribution is -0.387. The number of hydrogen-bond donors (Lipinski definition) is 0. The first kappa shape index (κ1) is 15.4. The number of nitriles is 1. The Labute approximate surface area is 123 Å². The fourth-order valence-electron chi connectivity index (χ4n) is 2.51. The Balaban J connectivity index is 2.50. The van der Waals surface area contributed by atoms with Crippen LogP contribution in [0.5, 0.6) is 0 Å². The minimum absolute atomic E-state index is 0.0876. The molecule has 7 nitrogen and oxygen atoms in total. The summed E-state index contributed by atoms with van der Waals surface area (Å²) in [6.45, 7) is 1.90. The van der Waals surface area contributed by atoms with Gasteiger partial charge in [0.15, 0.2) is 4.90 Å². The van der Waals surface area contributed by atoms with Crippen molar-refractivity contribution in [1.82, 2.24) is 4.31 Å². The highest BCUT2D eigenvalue weighted by Crippen LogP contribution is 2.31. The molecule has 1 unspecified atom stereocenters. The summed E-state index contributed by atoms with van der Waals surface area (Å²) in [6.07, 6.45) is 1.23. The molecule has 2 rings (SSSR count). The third kappa shape index (κ3) is 2.89. The van der Waals surface area contributed by atoms with E-state index in [1.54, 1.807) is 0 Å². The summed E-state index contributed by atoms with van der Waals surface area (Å²) in [4.78, 5) is 10.1. The largest absolute Gasteiger partial charge is 0.289 e. The van der Waals surface area contributed by atoms with Crippen LogP contribution < -0.4 is 0 Å². The number of nitro benzene ring substituents is 1. The Morgan fingerprint density at radius 3 is 2.81 bits per heavy atom. The standard InChI is InChI=1S/C13H15N3O4S/c1-10-4-2-6-12(16(17)18)13(10)21(19,20)15-7-3-5-11(8-14)9-15/h2,4,6,11H,3,5,7,9H2,1H3. The molecular formula is C13H15N3O4S. The molecule has 1 aliphatic rings. The van der Waals surface area contributed by atoms with E-state index in [0.717, 1.165) is 0 Å². The second-order valence-corrected chi connectivity index (χ2v) is 6.89. The van der Waals surface area contributed by atoms with Crippen LogP contribution in [0.2, 0.25) is 0 Å². The molecule has 1 heterocycles. The van der Waals surface area contributed by atoms with Crippen molar-refractivity contribution in [3.63, 3.8) is 0 Å². The number of nitro groups is 1. The van der Waals surface area contributed by atoms with Crippen molar-refractivity contribution in [2.75, 3.05) is 13.1 Å². The van der Waals surface area contributed by atoms with E-state index in [0.29, 0.717) is 18.4 Å².